The largest absolute Gasteiger partial charge is 0.473 e. The summed E-state index contributed by atoms with van der Waals surface area (Å²) in [5.74, 6) is 0.579. The lowest BCUT2D eigenvalue weighted by molar-refractivity contribution is -0.121. The van der Waals surface area contributed by atoms with Crippen molar-refractivity contribution in [3.05, 3.63) is 35.5 Å². The number of hydrogen-bond donors (Lipinski definition) is 0. The van der Waals surface area contributed by atoms with Gasteiger partial charge in [-0.2, -0.15) is 0 Å². The van der Waals surface area contributed by atoms with E-state index in [0.717, 1.165) is 5.66 Å². The molecule has 3 nitrogen and oxygen atoms in total. The van der Waals surface area contributed by atoms with E-state index in [0.29, 0.717) is 21.5 Å². The molecule has 86 valence electrons. The fraction of sp³-hybridized carbons (Fsp3) is 0.0909. The highest BCUT2D eigenvalue weighted by atomic mass is 32.2. The van der Waals surface area contributed by atoms with E-state index in [1.165, 1.54) is 16.7 Å². The molecule has 0 atom stereocenters. The molecule has 1 fully saturated rings. The number of carbonyl (C=O) groups excluding carboxylic acids is 1. The Morgan fingerprint density at radius 3 is 2.94 bits per heavy atom. The first-order chi connectivity index (χ1) is 8.11. The Morgan fingerprint density at radius 2 is 2.35 bits per heavy atom. The molecule has 6 heteroatoms. The van der Waals surface area contributed by atoms with E-state index in [9.17, 15) is 4.79 Å². The predicted octanol–water partition coefficient (Wildman–Crippen LogP) is 0.925. The smallest absolute Gasteiger partial charge is 0.266 e. The number of amides is 1. The molecule has 1 aliphatic rings. The molecule has 0 bridgehead atoms. The summed E-state index contributed by atoms with van der Waals surface area (Å²) in [4.78, 5) is 14.1. The Bertz CT molecular complexity index is 521. The van der Waals surface area contributed by atoms with Gasteiger partial charge < -0.3 is 4.42 Å². The van der Waals surface area contributed by atoms with Crippen LogP contribution >= 0.6 is 24.0 Å². The summed E-state index contributed by atoms with van der Waals surface area (Å²) in [6.45, 7) is 4.05. The Hall–Kier alpha value is -1.27. The van der Waals surface area contributed by atoms with Crippen LogP contribution in [0.15, 0.2) is 34.1 Å². The third-order valence-electron chi connectivity index (χ3n) is 2.22. The number of carbonyl (C=O) groups is 1. The monoisotopic (exact) mass is 263 g/mol. The maximum atomic E-state index is 12.0. The van der Waals surface area contributed by atoms with Gasteiger partial charge in [0.15, 0.2) is 7.85 Å². The first kappa shape index (κ1) is 12.2. The van der Waals surface area contributed by atoms with E-state index in [2.05, 4.69) is 6.58 Å². The predicted molar refractivity (Wildman–Crippen MR) is 77.0 cm³/mol. The van der Waals surface area contributed by atoms with Crippen LogP contribution in [-0.2, 0) is 4.79 Å². The third kappa shape index (κ3) is 2.53. The zero-order valence-corrected chi connectivity index (χ0v) is 10.9. The minimum Gasteiger partial charge on any atom is -0.473 e. The first-order valence-electron chi connectivity index (χ1n) is 5.04. The minimum absolute atomic E-state index is 0.0889. The fourth-order valence-electron chi connectivity index (χ4n) is 1.45. The van der Waals surface area contributed by atoms with Gasteiger partial charge >= 0.3 is 0 Å². The van der Waals surface area contributed by atoms with Gasteiger partial charge in [0.1, 0.15) is 10.1 Å². The molecule has 0 aromatic carbocycles. The Kier molecular flexibility index (Phi) is 3.54. The molecule has 0 spiro atoms. The lowest BCUT2D eigenvalue weighted by atomic mass is 10.1. The van der Waals surface area contributed by atoms with E-state index in [-0.39, 0.29) is 5.91 Å². The van der Waals surface area contributed by atoms with Crippen molar-refractivity contribution in [2.45, 2.75) is 0 Å². The topological polar surface area (TPSA) is 33.5 Å². The standard InChI is InChI=1S/C11H10BNO2S2/c1-2-5-13-10(14)8(17-11(13)16)6-7-3-4-9(12)15-7/h2-4,6H,1,5,12H2/b8-6-. The molecular weight excluding hydrogens is 253 g/mol. The van der Waals surface area contributed by atoms with Gasteiger partial charge in [-0.15, -0.1) is 6.58 Å². The summed E-state index contributed by atoms with van der Waals surface area (Å²) in [5, 5.41) is 0. The van der Waals surface area contributed by atoms with Crippen molar-refractivity contribution in [3.63, 3.8) is 0 Å². The van der Waals surface area contributed by atoms with Crippen LogP contribution in [0.4, 0.5) is 0 Å². The third-order valence-corrected chi connectivity index (χ3v) is 3.60. The van der Waals surface area contributed by atoms with Gasteiger partial charge in [-0.3, -0.25) is 9.69 Å². The van der Waals surface area contributed by atoms with E-state index in [1.807, 2.05) is 20.0 Å². The van der Waals surface area contributed by atoms with Crippen LogP contribution in [0.1, 0.15) is 5.76 Å². The molecule has 1 aromatic rings. The molecule has 0 unspecified atom stereocenters. The van der Waals surface area contributed by atoms with Gasteiger partial charge in [0.05, 0.1) is 10.6 Å². The van der Waals surface area contributed by atoms with Crippen molar-refractivity contribution in [3.8, 4) is 0 Å². The number of rotatable bonds is 3. The zero-order valence-electron chi connectivity index (χ0n) is 9.30. The van der Waals surface area contributed by atoms with Crippen molar-refractivity contribution < 1.29 is 9.21 Å². The molecule has 2 rings (SSSR count). The summed E-state index contributed by atoms with van der Waals surface area (Å²) < 4.78 is 5.96. The Labute approximate surface area is 110 Å². The number of nitrogens with zero attached hydrogens (tertiary/aromatic N) is 1. The fourth-order valence-corrected chi connectivity index (χ4v) is 2.70. The second-order valence-corrected chi connectivity index (χ2v) is 5.21. The maximum absolute atomic E-state index is 12.0. The van der Waals surface area contributed by atoms with Crippen LogP contribution in [0.5, 0.6) is 0 Å². The molecular formula is C11H10BNO2S2. The lowest BCUT2D eigenvalue weighted by Crippen LogP contribution is -2.27. The Balaban J connectivity index is 2.24. The quantitative estimate of drug-likeness (QED) is 0.351. The van der Waals surface area contributed by atoms with E-state index >= 15 is 0 Å². The average molecular weight is 263 g/mol. The normalized spacial score (nSPS) is 18.1. The number of furan rings is 1. The summed E-state index contributed by atoms with van der Waals surface area (Å²) in [5.41, 5.74) is 0.817. The van der Waals surface area contributed by atoms with Crippen LogP contribution in [0.2, 0.25) is 0 Å². The highest BCUT2D eigenvalue weighted by molar-refractivity contribution is 8.26. The van der Waals surface area contributed by atoms with Crippen LogP contribution in [0.25, 0.3) is 6.08 Å². The molecule has 1 aromatic heterocycles. The van der Waals surface area contributed by atoms with Crippen LogP contribution < -0.4 is 5.66 Å². The highest BCUT2D eigenvalue weighted by Crippen LogP contribution is 2.32. The van der Waals surface area contributed by atoms with Gasteiger partial charge in [0.2, 0.25) is 0 Å². The molecule has 0 aliphatic carbocycles. The summed E-state index contributed by atoms with van der Waals surface area (Å²) in [6.07, 6.45) is 3.38. The number of hydrogen-bond acceptors (Lipinski definition) is 4. The van der Waals surface area contributed by atoms with Gasteiger partial charge in [-0.05, 0) is 12.1 Å². The second kappa shape index (κ2) is 4.93. The highest BCUT2D eigenvalue weighted by Gasteiger charge is 2.31. The van der Waals surface area contributed by atoms with Gasteiger partial charge in [-0.25, -0.2) is 0 Å². The zero-order chi connectivity index (χ0) is 12.4. The van der Waals surface area contributed by atoms with Gasteiger partial charge in [0.25, 0.3) is 5.91 Å². The van der Waals surface area contributed by atoms with E-state index < -0.39 is 0 Å². The molecule has 1 amide bonds. The molecule has 0 saturated carbocycles. The van der Waals surface area contributed by atoms with Crippen molar-refractivity contribution in [1.82, 2.24) is 4.90 Å². The molecule has 1 saturated heterocycles. The van der Waals surface area contributed by atoms with Crippen molar-refractivity contribution >= 4 is 53.8 Å². The minimum atomic E-state index is -0.0889. The van der Waals surface area contributed by atoms with Crippen LogP contribution in [0, 0.1) is 0 Å². The first-order valence-corrected chi connectivity index (χ1v) is 6.27. The molecule has 17 heavy (non-hydrogen) atoms. The SMILES string of the molecule is Bc1ccc(/C=C2\SC(=S)N(CC=C)C2=O)o1. The van der Waals surface area contributed by atoms with Gasteiger partial charge in [-0.1, -0.05) is 30.1 Å². The van der Waals surface area contributed by atoms with Crippen molar-refractivity contribution in [2.24, 2.45) is 0 Å². The van der Waals surface area contributed by atoms with Crippen LogP contribution in [0.3, 0.4) is 0 Å². The number of thiocarbonyl (C=S) groups is 1. The Morgan fingerprint density at radius 1 is 1.59 bits per heavy atom. The van der Waals surface area contributed by atoms with E-state index in [1.54, 1.807) is 12.2 Å². The summed E-state index contributed by atoms with van der Waals surface area (Å²) in [6, 6.07) is 3.69. The molecule has 0 N–H and O–H groups in total. The van der Waals surface area contributed by atoms with Crippen molar-refractivity contribution in [2.75, 3.05) is 6.54 Å². The van der Waals surface area contributed by atoms with Crippen LogP contribution in [-0.4, -0.2) is 29.5 Å². The van der Waals surface area contributed by atoms with Crippen molar-refractivity contribution in [1.29, 1.82) is 0 Å². The molecule has 2 heterocycles. The second-order valence-electron chi connectivity index (χ2n) is 3.53. The maximum Gasteiger partial charge on any atom is 0.266 e. The molecule has 1 aliphatic heterocycles. The summed E-state index contributed by atoms with van der Waals surface area (Å²) in [7, 11) is 1.86. The number of thioether (sulfide) groups is 1. The summed E-state index contributed by atoms with van der Waals surface area (Å²) >= 11 is 6.42. The van der Waals surface area contributed by atoms with E-state index in [4.69, 9.17) is 16.6 Å². The average Bonchev–Trinajstić information content (AvgIpc) is 2.79. The lowest BCUT2D eigenvalue weighted by Gasteiger charge is -2.10. The molecule has 0 radical (unpaired) electrons. The van der Waals surface area contributed by atoms with Gasteiger partial charge in [0, 0.05) is 12.6 Å².